The van der Waals surface area contributed by atoms with Gasteiger partial charge >= 0.3 is 0 Å². The van der Waals surface area contributed by atoms with Crippen LogP contribution in [0.2, 0.25) is 0 Å². The summed E-state index contributed by atoms with van der Waals surface area (Å²) in [6, 6.07) is 67.0. The summed E-state index contributed by atoms with van der Waals surface area (Å²) in [4.78, 5) is 53.9. The number of fused-ring (bicyclic) bond motifs is 10. The number of aryl methyl sites for hydroxylation is 4. The van der Waals surface area contributed by atoms with Crippen molar-refractivity contribution in [1.29, 1.82) is 0 Å². The molecule has 11 aromatic carbocycles. The number of hydrogen-bond donors (Lipinski definition) is 2. The summed E-state index contributed by atoms with van der Waals surface area (Å²) in [5.41, 5.74) is 23.1. The van der Waals surface area contributed by atoms with Crippen LogP contribution in [-0.4, -0.2) is 31.8 Å². The van der Waals surface area contributed by atoms with E-state index in [1.54, 1.807) is 0 Å². The molecule has 0 unspecified atom stereocenters. The van der Waals surface area contributed by atoms with Gasteiger partial charge in [-0.05, 0) is 232 Å². The van der Waals surface area contributed by atoms with Gasteiger partial charge in [-0.1, -0.05) is 218 Å². The molecule has 2 N–H and O–H groups in total. The highest BCUT2D eigenvalue weighted by Gasteiger charge is 2.41. The number of amides is 2. The predicted molar refractivity (Wildman–Crippen MR) is 472 cm³/mol. The van der Waals surface area contributed by atoms with E-state index in [0.717, 1.165) is 144 Å². The highest BCUT2D eigenvalue weighted by Crippen LogP contribution is 2.55. The molecule has 8 bridgehead atoms. The quantitative estimate of drug-likeness (QED) is 0.0572. The summed E-state index contributed by atoms with van der Waals surface area (Å²) in [6.45, 7) is 41.4. The third kappa shape index (κ3) is 13.2. The van der Waals surface area contributed by atoms with Crippen LogP contribution in [0.1, 0.15) is 220 Å². The number of rotatable bonds is 11. The van der Waals surface area contributed by atoms with E-state index in [9.17, 15) is 0 Å². The molecular weight excluding hydrogens is 1400 g/mol. The summed E-state index contributed by atoms with van der Waals surface area (Å²) in [5, 5.41) is 6.19. The second kappa shape index (κ2) is 27.5. The molecule has 10 heteroatoms. The molecular formula is C104H97N5O5. The summed E-state index contributed by atoms with van der Waals surface area (Å²) in [5.74, 6) is 9.65. The van der Waals surface area contributed by atoms with Crippen LogP contribution < -0.4 is 19.1 Å². The summed E-state index contributed by atoms with van der Waals surface area (Å²) in [6.07, 6.45) is 4.91. The molecule has 17 rings (SSSR count). The Kier molecular flexibility index (Phi) is 18.0. The lowest BCUT2D eigenvalue weighted by atomic mass is 9.82. The molecule has 10 nitrogen and oxygen atoms in total. The Morgan fingerprint density at radius 2 is 0.939 bits per heavy atom. The predicted octanol–water partition coefficient (Wildman–Crippen LogP) is 27.3. The van der Waals surface area contributed by atoms with Crippen LogP contribution in [-0.2, 0) is 28.1 Å². The number of aromatic amines is 2. The van der Waals surface area contributed by atoms with Crippen molar-refractivity contribution in [2.45, 2.75) is 171 Å². The van der Waals surface area contributed by atoms with Crippen molar-refractivity contribution in [3.05, 3.63) is 289 Å². The van der Waals surface area contributed by atoms with E-state index < -0.39 is 11.8 Å². The fourth-order valence-electron chi connectivity index (χ4n) is 17.3. The Hall–Kier alpha value is -12.3. The molecule has 3 aliphatic heterocycles. The number of nitrogens with zero attached hydrogens (tertiary/aromatic N) is 3. The monoisotopic (exact) mass is 1500 g/mol. The largest absolute Gasteiger partial charge is 0.457 e. The first kappa shape index (κ1) is 74.4. The number of ether oxygens (including phenoxy) is 3. The zero-order valence-corrected chi connectivity index (χ0v) is 68.9. The number of carbonyl (C=O) groups excluding carboxylic acids is 2. The van der Waals surface area contributed by atoms with Gasteiger partial charge in [0.15, 0.2) is 0 Å². The van der Waals surface area contributed by atoms with Gasteiger partial charge in [-0.25, -0.2) is 9.88 Å². The fourth-order valence-corrected chi connectivity index (χ4v) is 17.3. The zero-order chi connectivity index (χ0) is 80.1. The number of anilines is 1. The minimum absolute atomic E-state index is 0.0394. The maximum Gasteiger partial charge on any atom is 0.266 e. The van der Waals surface area contributed by atoms with Crippen molar-refractivity contribution in [2.75, 3.05) is 4.90 Å². The minimum Gasteiger partial charge on any atom is -0.457 e. The molecule has 0 aliphatic carbocycles. The van der Waals surface area contributed by atoms with Crippen molar-refractivity contribution in [1.82, 2.24) is 19.9 Å². The second-order valence-electron chi connectivity index (χ2n) is 36.1. The molecule has 0 fully saturated rings. The van der Waals surface area contributed by atoms with Crippen LogP contribution in [0.15, 0.2) is 194 Å². The number of imide groups is 1. The van der Waals surface area contributed by atoms with Crippen LogP contribution in [0, 0.1) is 39.5 Å². The van der Waals surface area contributed by atoms with E-state index in [1.165, 1.54) is 21.6 Å². The van der Waals surface area contributed by atoms with E-state index >= 15 is 9.59 Å². The van der Waals surface area contributed by atoms with E-state index in [2.05, 4.69) is 299 Å². The highest BCUT2D eigenvalue weighted by molar-refractivity contribution is 6.44. The van der Waals surface area contributed by atoms with Gasteiger partial charge in [0.25, 0.3) is 11.8 Å². The van der Waals surface area contributed by atoms with Crippen LogP contribution in [0.5, 0.6) is 34.5 Å². The minimum atomic E-state index is -0.465. The normalized spacial score (nSPS) is 13.7. The Balaban J connectivity index is 0.874. The third-order valence-corrected chi connectivity index (χ3v) is 23.3. The number of nitrogens with one attached hydrogen (secondary N) is 2. The van der Waals surface area contributed by atoms with Gasteiger partial charge in [0, 0.05) is 83.1 Å². The number of hydrogen-bond acceptors (Lipinski definition) is 7. The Morgan fingerprint density at radius 3 is 1.47 bits per heavy atom. The molecule has 0 saturated carbocycles. The number of H-pyrrole nitrogens is 2. The molecule has 0 saturated heterocycles. The first-order chi connectivity index (χ1) is 54.2. The maximum atomic E-state index is 16.8. The van der Waals surface area contributed by atoms with Crippen molar-refractivity contribution in [3.8, 4) is 68.6 Å². The van der Waals surface area contributed by atoms with Crippen molar-refractivity contribution in [2.24, 2.45) is 0 Å². The fraction of sp³-hybridized carbons (Fsp3) is 0.250. The van der Waals surface area contributed by atoms with Gasteiger partial charge in [0.1, 0.15) is 34.5 Å². The van der Waals surface area contributed by atoms with Gasteiger partial charge in [0.2, 0.25) is 0 Å². The SMILES string of the molecule is Cc1ccc(-c2c3nc(c(-c4c(C)cc(C)cc4C)c4ccc([nH]4)c(C#Cc4cc(C(C)C)c(N5C(=O)c6cc(Oc7ccc(C(C)(C)C)cc7)c7c8cccc9c(Oc%10ccc(C(C)(C)C)cc%10)ccc(c%10c(Oc%11ccc(C(C)(C)C)cc%11)cc(c6c7%10)C5=O)c98)c(C(C)C)c4)c4nc(cc5ccc2[nH]5)C(C)(C)C4)C=C3)cc1. The Morgan fingerprint density at radius 1 is 0.447 bits per heavy atom. The van der Waals surface area contributed by atoms with Crippen molar-refractivity contribution >= 4 is 94.8 Å². The average molecular weight is 1500 g/mol. The third-order valence-electron chi connectivity index (χ3n) is 23.3. The molecule has 568 valence electrons. The molecule has 0 atom stereocenters. The molecule has 6 heterocycles. The lowest BCUT2D eigenvalue weighted by molar-refractivity contribution is 0.0892. The second-order valence-corrected chi connectivity index (χ2v) is 36.1. The summed E-state index contributed by atoms with van der Waals surface area (Å²) in [7, 11) is 0. The maximum absolute atomic E-state index is 16.8. The highest BCUT2D eigenvalue weighted by atomic mass is 16.5. The van der Waals surface area contributed by atoms with E-state index in [1.807, 2.05) is 60.7 Å². The van der Waals surface area contributed by atoms with Gasteiger partial charge < -0.3 is 24.2 Å². The van der Waals surface area contributed by atoms with Gasteiger partial charge in [0.05, 0.1) is 45.0 Å². The number of aromatic nitrogens is 4. The topological polar surface area (TPSA) is 122 Å². The number of carbonyl (C=O) groups is 2. The zero-order valence-electron chi connectivity index (χ0n) is 68.9. The molecule has 0 spiro atoms. The molecule has 0 radical (unpaired) electrons. The molecule has 3 aromatic heterocycles. The molecule has 114 heavy (non-hydrogen) atoms. The molecule has 14 aromatic rings. The smallest absolute Gasteiger partial charge is 0.266 e. The van der Waals surface area contributed by atoms with E-state index in [0.29, 0.717) is 68.5 Å². The lowest BCUT2D eigenvalue weighted by Gasteiger charge is -2.34. The van der Waals surface area contributed by atoms with E-state index in [4.69, 9.17) is 24.2 Å². The summed E-state index contributed by atoms with van der Waals surface area (Å²) < 4.78 is 21.5. The van der Waals surface area contributed by atoms with E-state index in [-0.39, 0.29) is 33.5 Å². The molecule has 2 amide bonds. The van der Waals surface area contributed by atoms with Crippen molar-refractivity contribution in [3.63, 3.8) is 0 Å². The van der Waals surface area contributed by atoms with Crippen LogP contribution >= 0.6 is 0 Å². The van der Waals surface area contributed by atoms with Crippen molar-refractivity contribution < 1.29 is 23.8 Å². The Labute approximate surface area is 668 Å². The van der Waals surface area contributed by atoms with Crippen LogP contribution in [0.3, 0.4) is 0 Å². The average Bonchev–Trinajstić information content (AvgIpc) is 0.722. The lowest BCUT2D eigenvalue weighted by Crippen LogP contribution is -2.42. The van der Waals surface area contributed by atoms with Gasteiger partial charge in [-0.15, -0.1) is 0 Å². The standard InChI is InChI=1S/C104H97N5O5/c1-57(2)76-51-63(25-41-72-80-44-45-83(106-80)96(90-61(7)49-60(6)50-62(90)8)84-47-46-82(107-84)91(64-26-23-59(5)24-27-64)81-43-34-68(105-81)53-89-104(18,19)56-85(72)108-89)52-77(58(3)4)98(76)109-99(110)78-54-87(113-70-37-30-66(31-38-70)102(12,13)14)94-74-22-20-21-73-86(112-69-35-28-65(29-36-69)101(9,10)11)48-42-75(92(73)74)95-88(55-79(100(109)111)93(78)97(94)95)114-71-39-32-67(33-40-71)103(15,16)17/h20-24,26-40,42-55,57-58,105-106H,56H2,1-19H3. The van der Waals surface area contributed by atoms with Gasteiger partial charge in [-0.2, -0.15) is 0 Å². The Bertz CT molecular complexity index is 6440. The van der Waals surface area contributed by atoms with Crippen LogP contribution in [0.4, 0.5) is 5.69 Å². The number of benzene rings is 11. The first-order valence-corrected chi connectivity index (χ1v) is 40.0. The van der Waals surface area contributed by atoms with Crippen LogP contribution in [0.25, 0.3) is 99.6 Å². The molecule has 3 aliphatic rings. The van der Waals surface area contributed by atoms with Gasteiger partial charge in [-0.3, -0.25) is 14.6 Å². The first-order valence-electron chi connectivity index (χ1n) is 40.0. The summed E-state index contributed by atoms with van der Waals surface area (Å²) >= 11 is 0.